The smallest absolute Gasteiger partial charge is 0.193 e. The van der Waals surface area contributed by atoms with E-state index in [9.17, 15) is 0 Å². The Kier molecular flexibility index (Phi) is 13.1. The Bertz CT molecular complexity index is 434. The average Bonchev–Trinajstić information content (AvgIpc) is 2.55. The molecule has 0 saturated carbocycles. The number of ether oxygens (including phenoxy) is 1. The van der Waals surface area contributed by atoms with Gasteiger partial charge < -0.3 is 15.0 Å². The third-order valence-corrected chi connectivity index (χ3v) is 3.45. The maximum Gasteiger partial charge on any atom is 0.193 e. The summed E-state index contributed by atoms with van der Waals surface area (Å²) in [6, 6.07) is 8.50. The number of halogens is 1. The summed E-state index contributed by atoms with van der Waals surface area (Å²) in [6.45, 7) is 10.4. The normalized spacial score (nSPS) is 11.0. The fourth-order valence-electron chi connectivity index (χ4n) is 2.10. The molecule has 1 rings (SSSR count). The highest BCUT2D eigenvalue weighted by molar-refractivity contribution is 14.0. The first kappa shape index (κ1) is 22.2. The Balaban J connectivity index is 0.00000484. The lowest BCUT2D eigenvalue weighted by Gasteiger charge is -2.21. The molecule has 0 radical (unpaired) electrons. The minimum Gasteiger partial charge on any atom is -0.377 e. The Morgan fingerprint density at radius 2 is 1.78 bits per heavy atom. The van der Waals surface area contributed by atoms with Gasteiger partial charge in [-0.25, -0.2) is 4.99 Å². The van der Waals surface area contributed by atoms with Crippen molar-refractivity contribution in [1.82, 2.24) is 10.2 Å². The minimum absolute atomic E-state index is 0. The van der Waals surface area contributed by atoms with Crippen molar-refractivity contribution >= 4 is 29.9 Å². The van der Waals surface area contributed by atoms with E-state index in [0.717, 1.165) is 25.7 Å². The van der Waals surface area contributed by atoms with Crippen molar-refractivity contribution in [1.29, 1.82) is 0 Å². The maximum atomic E-state index is 5.41. The molecule has 1 aromatic carbocycles. The molecular weight excluding hydrogens is 401 g/mol. The number of unbranched alkanes of at least 4 members (excludes halogenated alkanes) is 1. The van der Waals surface area contributed by atoms with Crippen LogP contribution in [0.25, 0.3) is 0 Å². The molecule has 0 spiro atoms. The van der Waals surface area contributed by atoms with Crippen molar-refractivity contribution in [2.24, 2.45) is 4.99 Å². The Morgan fingerprint density at radius 1 is 1.13 bits per heavy atom. The highest BCUT2D eigenvalue weighted by Crippen LogP contribution is 2.07. The van der Waals surface area contributed by atoms with E-state index >= 15 is 0 Å². The third-order valence-electron chi connectivity index (χ3n) is 3.45. The number of nitrogens with zero attached hydrogens (tertiary/aromatic N) is 2. The number of hydrogen-bond acceptors (Lipinski definition) is 2. The first-order chi connectivity index (χ1) is 10.7. The van der Waals surface area contributed by atoms with E-state index in [1.165, 1.54) is 24.0 Å². The van der Waals surface area contributed by atoms with Crippen molar-refractivity contribution in [2.75, 3.05) is 26.7 Å². The van der Waals surface area contributed by atoms with Gasteiger partial charge in [-0.2, -0.15) is 0 Å². The lowest BCUT2D eigenvalue weighted by atomic mass is 10.1. The summed E-state index contributed by atoms with van der Waals surface area (Å²) in [4.78, 5) is 6.93. The maximum absolute atomic E-state index is 5.41. The van der Waals surface area contributed by atoms with Crippen molar-refractivity contribution in [2.45, 2.75) is 46.8 Å². The summed E-state index contributed by atoms with van der Waals surface area (Å²) in [6.07, 6.45) is 2.39. The zero-order valence-corrected chi connectivity index (χ0v) is 17.3. The van der Waals surface area contributed by atoms with Gasteiger partial charge in [0.05, 0.1) is 13.2 Å². The molecule has 132 valence electrons. The molecule has 5 heteroatoms. The van der Waals surface area contributed by atoms with Crippen LogP contribution in [0.5, 0.6) is 0 Å². The van der Waals surface area contributed by atoms with E-state index in [2.05, 4.69) is 55.4 Å². The van der Waals surface area contributed by atoms with E-state index in [-0.39, 0.29) is 24.0 Å². The van der Waals surface area contributed by atoms with Crippen LogP contribution < -0.4 is 5.32 Å². The molecule has 4 nitrogen and oxygen atoms in total. The summed E-state index contributed by atoms with van der Waals surface area (Å²) >= 11 is 0. The predicted octanol–water partition coefficient (Wildman–Crippen LogP) is 4.04. The molecule has 23 heavy (non-hydrogen) atoms. The minimum atomic E-state index is 0. The van der Waals surface area contributed by atoms with Crippen LogP contribution in [0.4, 0.5) is 0 Å². The van der Waals surface area contributed by atoms with Gasteiger partial charge in [-0.3, -0.25) is 0 Å². The summed E-state index contributed by atoms with van der Waals surface area (Å²) in [5, 5.41) is 3.36. The number of hydrogen-bond donors (Lipinski definition) is 1. The van der Waals surface area contributed by atoms with Crippen LogP contribution in [0.2, 0.25) is 0 Å². The molecular formula is C18H32IN3O. The lowest BCUT2D eigenvalue weighted by molar-refractivity contribution is 0.134. The monoisotopic (exact) mass is 433 g/mol. The van der Waals surface area contributed by atoms with Crippen LogP contribution >= 0.6 is 24.0 Å². The van der Waals surface area contributed by atoms with Gasteiger partial charge in [-0.05, 0) is 31.4 Å². The number of guanidine groups is 1. The first-order valence-electron chi connectivity index (χ1n) is 8.36. The summed E-state index contributed by atoms with van der Waals surface area (Å²) in [5.41, 5.74) is 2.43. The zero-order chi connectivity index (χ0) is 16.2. The molecule has 1 N–H and O–H groups in total. The van der Waals surface area contributed by atoms with Gasteiger partial charge in [0.15, 0.2) is 5.96 Å². The summed E-state index contributed by atoms with van der Waals surface area (Å²) in [7, 11) is 2.10. The van der Waals surface area contributed by atoms with Gasteiger partial charge in [-0.1, -0.05) is 37.6 Å². The standard InChI is InChI=1S/C18H31N3O.HI/c1-5-8-13-21(4)18(19-6-2)20-14-16-9-11-17(12-10-16)15-22-7-3;/h9-12H,5-8,13-15H2,1-4H3,(H,19,20);1H. The van der Waals surface area contributed by atoms with E-state index in [1.807, 2.05) is 6.92 Å². The first-order valence-corrected chi connectivity index (χ1v) is 8.36. The molecule has 0 aliphatic heterocycles. The van der Waals surface area contributed by atoms with Gasteiger partial charge in [0, 0.05) is 26.7 Å². The van der Waals surface area contributed by atoms with E-state index < -0.39 is 0 Å². The van der Waals surface area contributed by atoms with Crippen LogP contribution in [-0.4, -0.2) is 37.6 Å². The number of rotatable bonds is 9. The number of aliphatic imine (C=N–C) groups is 1. The molecule has 0 aliphatic rings. The van der Waals surface area contributed by atoms with Crippen LogP contribution in [-0.2, 0) is 17.9 Å². The molecule has 0 bridgehead atoms. The lowest BCUT2D eigenvalue weighted by Crippen LogP contribution is -2.39. The molecule has 1 aromatic rings. The van der Waals surface area contributed by atoms with Gasteiger partial charge >= 0.3 is 0 Å². The average molecular weight is 433 g/mol. The van der Waals surface area contributed by atoms with Crippen LogP contribution in [0.3, 0.4) is 0 Å². The zero-order valence-electron chi connectivity index (χ0n) is 15.0. The fourth-order valence-corrected chi connectivity index (χ4v) is 2.10. The van der Waals surface area contributed by atoms with E-state index in [0.29, 0.717) is 13.2 Å². The molecule has 0 atom stereocenters. The topological polar surface area (TPSA) is 36.9 Å². The van der Waals surface area contributed by atoms with Crippen molar-refractivity contribution in [3.05, 3.63) is 35.4 Å². The predicted molar refractivity (Wildman–Crippen MR) is 110 cm³/mol. The van der Waals surface area contributed by atoms with E-state index in [4.69, 9.17) is 9.73 Å². The Labute approximate surface area is 158 Å². The second-order valence-electron chi connectivity index (χ2n) is 5.40. The van der Waals surface area contributed by atoms with Crippen molar-refractivity contribution in [3.63, 3.8) is 0 Å². The van der Waals surface area contributed by atoms with E-state index in [1.54, 1.807) is 0 Å². The second-order valence-corrected chi connectivity index (χ2v) is 5.40. The van der Waals surface area contributed by atoms with Crippen LogP contribution in [0.15, 0.2) is 29.3 Å². The summed E-state index contributed by atoms with van der Waals surface area (Å²) in [5.74, 6) is 0.981. The third kappa shape index (κ3) is 9.15. The fraction of sp³-hybridized carbons (Fsp3) is 0.611. The highest BCUT2D eigenvalue weighted by Gasteiger charge is 2.04. The summed E-state index contributed by atoms with van der Waals surface area (Å²) < 4.78 is 5.41. The van der Waals surface area contributed by atoms with Crippen molar-refractivity contribution in [3.8, 4) is 0 Å². The molecule has 0 saturated heterocycles. The molecule has 0 aliphatic carbocycles. The van der Waals surface area contributed by atoms with Gasteiger partial charge in [0.1, 0.15) is 0 Å². The van der Waals surface area contributed by atoms with Crippen molar-refractivity contribution < 1.29 is 4.74 Å². The Hall–Kier alpha value is -0.820. The molecule has 0 amide bonds. The largest absolute Gasteiger partial charge is 0.377 e. The highest BCUT2D eigenvalue weighted by atomic mass is 127. The number of nitrogens with one attached hydrogen (secondary N) is 1. The Morgan fingerprint density at radius 3 is 2.35 bits per heavy atom. The molecule has 0 unspecified atom stereocenters. The molecule has 0 aromatic heterocycles. The molecule has 0 heterocycles. The number of benzene rings is 1. The van der Waals surface area contributed by atoms with Crippen LogP contribution in [0, 0.1) is 0 Å². The van der Waals surface area contributed by atoms with Gasteiger partial charge in [0.2, 0.25) is 0 Å². The van der Waals surface area contributed by atoms with Gasteiger partial charge in [0.25, 0.3) is 0 Å². The quantitative estimate of drug-likeness (QED) is 0.363. The molecule has 0 fully saturated rings. The van der Waals surface area contributed by atoms with Crippen LogP contribution in [0.1, 0.15) is 44.7 Å². The second kappa shape index (κ2) is 13.6. The van der Waals surface area contributed by atoms with Gasteiger partial charge in [-0.15, -0.1) is 24.0 Å². The SMILES string of the molecule is CCCCN(C)C(=NCc1ccc(COCC)cc1)NCC.I.